The molecule has 10 N–H and O–H groups in total. The number of nitrogens with zero attached hydrogens (tertiary/aromatic N) is 1. The van der Waals surface area contributed by atoms with E-state index in [0.29, 0.717) is 56.9 Å². The fourth-order valence-corrected chi connectivity index (χ4v) is 15.3. The molecule has 0 bridgehead atoms. The zero-order valence-electron chi connectivity index (χ0n) is 60.7. The van der Waals surface area contributed by atoms with Gasteiger partial charge in [0.15, 0.2) is 23.5 Å². The van der Waals surface area contributed by atoms with Crippen molar-refractivity contribution < 1.29 is 90.9 Å². The monoisotopic (exact) mass is 1460 g/mol. The molecular formula is C77H103N9O19. The zero-order chi connectivity index (χ0) is 75.0. The van der Waals surface area contributed by atoms with Gasteiger partial charge in [0, 0.05) is 55.3 Å². The summed E-state index contributed by atoms with van der Waals surface area (Å²) in [7, 11) is 0. The lowest BCUT2D eigenvalue weighted by molar-refractivity contribution is -0.175. The highest BCUT2D eigenvalue weighted by molar-refractivity contribution is 6.02. The Bertz CT molecular complexity index is 3640. The van der Waals surface area contributed by atoms with E-state index in [1.165, 1.54) is 0 Å². The molecule has 0 radical (unpaired) electrons. The van der Waals surface area contributed by atoms with E-state index >= 15 is 0 Å². The number of allylic oxidation sites excluding steroid dienone is 5. The zero-order valence-corrected chi connectivity index (χ0v) is 60.7. The van der Waals surface area contributed by atoms with Crippen molar-refractivity contribution in [3.05, 3.63) is 119 Å². The number of alkyl carbamates (subject to hydrolysis) is 1. The SMILES string of the molecule is CCCC1O[C@@H]2C[C@@H]3C(C[C@H](O)[C@H]4[C@H]3CCC3=CC(=O)C=C[C@@]34C)[C@]2(C(=O)COCNC(=O)CNC(=O)OCc2ccc(NC(=O)[C@H](CCCNC(N)=O)NC(=O)[C@@H](NC(=O)CCOCCOCCOCCOCCNC(=O)CCC(=O)N3Cc4ccccc4/C(C)=C\c4ccccc43)C(C)C)cc2)O1. The van der Waals surface area contributed by atoms with Crippen LogP contribution in [-0.2, 0) is 89.4 Å². The van der Waals surface area contributed by atoms with Crippen LogP contribution < -0.4 is 47.9 Å². The van der Waals surface area contributed by atoms with Crippen molar-refractivity contribution in [3.63, 3.8) is 0 Å². The van der Waals surface area contributed by atoms with Gasteiger partial charge in [-0.3, -0.25) is 38.4 Å². The van der Waals surface area contributed by atoms with Crippen LogP contribution in [0.2, 0.25) is 0 Å². The molecule has 105 heavy (non-hydrogen) atoms. The number of Topliss-reactive ketones (excluding diaryl/α,β-unsaturated/α-hetero) is 1. The van der Waals surface area contributed by atoms with Gasteiger partial charge in [-0.05, 0) is 134 Å². The van der Waals surface area contributed by atoms with Crippen molar-refractivity contribution in [1.29, 1.82) is 0 Å². The van der Waals surface area contributed by atoms with E-state index in [2.05, 4.69) is 63.2 Å². The maximum absolute atomic E-state index is 14.4. The van der Waals surface area contributed by atoms with Crippen LogP contribution in [0, 0.1) is 35.0 Å². The number of amides is 9. The molecule has 28 heteroatoms. The molecule has 3 saturated carbocycles. The number of ether oxygens (including phenoxy) is 8. The Balaban J connectivity index is 0.607. The van der Waals surface area contributed by atoms with Gasteiger partial charge in [0.25, 0.3) is 0 Å². The van der Waals surface area contributed by atoms with E-state index in [-0.39, 0.29) is 151 Å². The number of nitrogens with one attached hydrogen (secondary N) is 7. The number of hydrogen-bond acceptors (Lipinski definition) is 19. The van der Waals surface area contributed by atoms with E-state index in [0.717, 1.165) is 52.8 Å². The highest BCUT2D eigenvalue weighted by Crippen LogP contribution is 2.65. The number of urea groups is 1. The average molecular weight is 1460 g/mol. The molecule has 2 aliphatic heterocycles. The maximum atomic E-state index is 14.4. The molecule has 4 fully saturated rings. The standard InChI is InChI=1S/C77H103N9O19/c1-6-12-69-104-64-41-58-57-23-20-53-40-55(87)26-28-76(53,5)70(57)62(88)42-59(58)77(64,105-69)63(89)46-102-47-82-67(92)43-81-75(97)103-45-50-18-21-54(22-19-50)83-72(94)60(16-11-29-80-74(78)96)84-73(95)71(48(2)3)85-66(91)27-31-98-33-35-100-37-38-101-36-34-99-32-30-79-65(90)24-25-68(93)86-44-52-14-7-9-15-56(52)49(4)39-51-13-8-10-17-61(51)86/h7-10,13-15,17-19,21-22,26,28,39-40,48,57-60,62,64,69-71,88H,6,11-12,16,20,23-25,27,29-38,41-47H2,1-5H3,(H,79,90)(H,81,97)(H,82,92)(H,83,94)(H,84,95)(H,85,91)(H3,78,80,96)/b49-39-/t57-,58-,59?,60-,62-,64+,69?,70+,71-,76-,77+/m0/s1. The fourth-order valence-electron chi connectivity index (χ4n) is 15.3. The third-order valence-corrected chi connectivity index (χ3v) is 20.4. The minimum Gasteiger partial charge on any atom is -0.445 e. The summed E-state index contributed by atoms with van der Waals surface area (Å²) < 4.78 is 46.4. The van der Waals surface area contributed by atoms with Crippen LogP contribution in [0.5, 0.6) is 0 Å². The maximum Gasteiger partial charge on any atom is 0.407 e. The van der Waals surface area contributed by atoms with Crippen LogP contribution in [0.4, 0.5) is 21.0 Å². The molecule has 3 aromatic carbocycles. The molecule has 11 atom stereocenters. The molecule has 9 amide bonds. The Morgan fingerprint density at radius 3 is 2.19 bits per heavy atom. The predicted molar refractivity (Wildman–Crippen MR) is 387 cm³/mol. The van der Waals surface area contributed by atoms with Crippen LogP contribution in [0.25, 0.3) is 11.6 Å². The van der Waals surface area contributed by atoms with Crippen molar-refractivity contribution in [1.82, 2.24) is 31.9 Å². The number of primary amides is 1. The first-order valence-electron chi connectivity index (χ1n) is 36.6. The molecule has 4 aliphatic carbocycles. The number of rotatable bonds is 39. The minimum atomic E-state index is -1.33. The minimum absolute atomic E-state index is 0.0368. The summed E-state index contributed by atoms with van der Waals surface area (Å²) in [5, 5.41) is 30.3. The van der Waals surface area contributed by atoms with E-state index in [1.54, 1.807) is 55.2 Å². The molecule has 2 unspecified atom stereocenters. The molecule has 0 aromatic heterocycles. The summed E-state index contributed by atoms with van der Waals surface area (Å²) in [5.74, 6) is -3.74. The summed E-state index contributed by atoms with van der Waals surface area (Å²) >= 11 is 0. The molecule has 2 heterocycles. The van der Waals surface area contributed by atoms with Gasteiger partial charge in [0.05, 0.1) is 77.3 Å². The second kappa shape index (κ2) is 39.0. The van der Waals surface area contributed by atoms with Crippen LogP contribution in [0.1, 0.15) is 128 Å². The van der Waals surface area contributed by atoms with Crippen molar-refractivity contribution in [2.24, 2.45) is 40.7 Å². The number of carbonyl (C=O) groups is 10. The van der Waals surface area contributed by atoms with Crippen molar-refractivity contribution in [3.8, 4) is 0 Å². The Hall–Kier alpha value is -8.74. The number of carbonyl (C=O) groups excluding carboxylic acids is 10. The van der Waals surface area contributed by atoms with E-state index in [1.807, 2.05) is 55.5 Å². The van der Waals surface area contributed by atoms with Crippen molar-refractivity contribution >= 4 is 82.2 Å². The van der Waals surface area contributed by atoms with Gasteiger partial charge < -0.3 is 90.9 Å². The van der Waals surface area contributed by atoms with Gasteiger partial charge in [0.1, 0.15) is 38.6 Å². The third-order valence-electron chi connectivity index (χ3n) is 20.4. The number of aliphatic hydroxyl groups is 1. The number of para-hydroxylation sites is 1. The topological polar surface area (TPSA) is 378 Å². The number of fused-ring (bicyclic) bond motifs is 9. The predicted octanol–water partition coefficient (Wildman–Crippen LogP) is 5.82. The Morgan fingerprint density at radius 2 is 1.46 bits per heavy atom. The van der Waals surface area contributed by atoms with Crippen molar-refractivity contribution in [2.75, 3.05) is 96.0 Å². The number of hydrogen-bond donors (Lipinski definition) is 9. The van der Waals surface area contributed by atoms with Gasteiger partial charge in [-0.2, -0.15) is 0 Å². The number of nitrogens with two attached hydrogens (primary N) is 1. The van der Waals surface area contributed by atoms with Crippen LogP contribution in [0.15, 0.2) is 96.6 Å². The van der Waals surface area contributed by atoms with E-state index < -0.39 is 83.9 Å². The molecule has 1 saturated heterocycles. The van der Waals surface area contributed by atoms with Gasteiger partial charge in [-0.1, -0.05) is 100 Å². The number of anilines is 2. The Labute approximate surface area is 612 Å². The highest BCUT2D eigenvalue weighted by Gasteiger charge is 2.70. The number of aliphatic hydroxyl groups excluding tert-OH is 1. The number of ketones is 2. The molecule has 9 rings (SSSR count). The van der Waals surface area contributed by atoms with Crippen LogP contribution >= 0.6 is 0 Å². The first kappa shape index (κ1) is 80.4. The summed E-state index contributed by atoms with van der Waals surface area (Å²) in [5.41, 5.74) is 10.3. The largest absolute Gasteiger partial charge is 0.445 e. The lowest BCUT2D eigenvalue weighted by atomic mass is 9.49. The lowest BCUT2D eigenvalue weighted by Gasteiger charge is -2.56. The quantitative estimate of drug-likeness (QED) is 0.0240. The summed E-state index contributed by atoms with van der Waals surface area (Å²) in [4.78, 5) is 132. The molecular weight excluding hydrogens is 1350 g/mol. The highest BCUT2D eigenvalue weighted by atomic mass is 16.7. The first-order chi connectivity index (χ1) is 50.6. The van der Waals surface area contributed by atoms with E-state index in [4.69, 9.17) is 43.6 Å². The Morgan fingerprint density at radius 1 is 0.743 bits per heavy atom. The van der Waals surface area contributed by atoms with Gasteiger partial charge in [0.2, 0.25) is 35.4 Å². The molecule has 570 valence electrons. The molecule has 3 aromatic rings. The van der Waals surface area contributed by atoms with Gasteiger partial charge in [-0.25, -0.2) is 9.59 Å². The molecule has 0 spiro atoms. The summed E-state index contributed by atoms with van der Waals surface area (Å²) in [6.07, 6.45) is 8.73. The molecule has 28 nitrogen and oxygen atoms in total. The second-order valence-corrected chi connectivity index (χ2v) is 28.0. The van der Waals surface area contributed by atoms with Crippen LogP contribution in [0.3, 0.4) is 0 Å². The van der Waals surface area contributed by atoms with E-state index in [9.17, 15) is 53.1 Å². The second-order valence-electron chi connectivity index (χ2n) is 28.0. The summed E-state index contributed by atoms with van der Waals surface area (Å²) in [6.45, 7) is 11.0. The fraction of sp³-hybridized carbons (Fsp3) is 0.558. The normalized spacial score (nSPS) is 23.7. The average Bonchev–Trinajstić information content (AvgIpc) is 1.54. The van der Waals surface area contributed by atoms with Crippen molar-refractivity contribution in [2.45, 2.75) is 155 Å². The van der Waals surface area contributed by atoms with Crippen LogP contribution in [-0.4, -0.2) is 186 Å². The Kier molecular flexibility index (Phi) is 29.9. The lowest BCUT2D eigenvalue weighted by Crippen LogP contribution is -2.58. The van der Waals surface area contributed by atoms with Gasteiger partial charge in [-0.15, -0.1) is 0 Å². The van der Waals surface area contributed by atoms with Gasteiger partial charge >= 0.3 is 12.1 Å². The molecule has 6 aliphatic rings. The first-order valence-corrected chi connectivity index (χ1v) is 36.6. The smallest absolute Gasteiger partial charge is 0.407 e. The summed E-state index contributed by atoms with van der Waals surface area (Å²) in [6, 6.07) is 19.2. The third kappa shape index (κ3) is 21.7. The number of benzene rings is 3.